The number of nitrogens with zero attached hydrogens (tertiary/aromatic N) is 3. The number of anilines is 1. The maximum Gasteiger partial charge on any atom is 0.293 e. The number of non-ortho nitro benzene ring substituents is 1. The number of Topliss-reactive ketones (excluding diaryl/α,β-unsaturated/α-hetero) is 1. The van der Waals surface area contributed by atoms with E-state index in [0.717, 1.165) is 0 Å². The van der Waals surface area contributed by atoms with Gasteiger partial charge in [-0.15, -0.1) is 0 Å². The van der Waals surface area contributed by atoms with Gasteiger partial charge in [-0.2, -0.15) is 0 Å². The normalized spacial score (nSPS) is 18.7. The number of hydrogen-bond acceptors (Lipinski definition) is 6. The van der Waals surface area contributed by atoms with Crippen molar-refractivity contribution in [2.24, 2.45) is 0 Å². The SMILES string of the molecule is Cc1ccc(N2C(=O)CC(c3cccc([N+](=O)[O-])c3)C3=C2CCCC3=O)c([N+](=O)[O-])c1. The number of carbonyl (C=O) groups excluding carboxylic acids is 2. The molecule has 1 heterocycles. The van der Waals surface area contributed by atoms with E-state index in [2.05, 4.69) is 0 Å². The van der Waals surface area contributed by atoms with Crippen LogP contribution in [0.4, 0.5) is 17.1 Å². The largest absolute Gasteiger partial charge is 0.294 e. The minimum Gasteiger partial charge on any atom is -0.294 e. The van der Waals surface area contributed by atoms with Crippen molar-refractivity contribution in [3.63, 3.8) is 0 Å². The Morgan fingerprint density at radius 3 is 2.48 bits per heavy atom. The number of aryl methyl sites for hydroxylation is 1. The van der Waals surface area contributed by atoms with E-state index in [9.17, 15) is 29.8 Å². The molecule has 31 heavy (non-hydrogen) atoms. The van der Waals surface area contributed by atoms with Gasteiger partial charge in [-0.1, -0.05) is 18.2 Å². The minimum absolute atomic E-state index is 0.100. The van der Waals surface area contributed by atoms with E-state index in [1.807, 2.05) is 0 Å². The molecule has 9 nitrogen and oxygen atoms in total. The zero-order valence-corrected chi connectivity index (χ0v) is 16.7. The van der Waals surface area contributed by atoms with E-state index < -0.39 is 15.8 Å². The maximum atomic E-state index is 13.2. The lowest BCUT2D eigenvalue weighted by molar-refractivity contribution is -0.385. The molecule has 0 saturated carbocycles. The van der Waals surface area contributed by atoms with Crippen LogP contribution >= 0.6 is 0 Å². The third-order valence-corrected chi connectivity index (χ3v) is 5.73. The highest BCUT2D eigenvalue weighted by Gasteiger charge is 2.41. The fourth-order valence-corrected chi connectivity index (χ4v) is 4.38. The second kappa shape index (κ2) is 7.75. The van der Waals surface area contributed by atoms with Crippen LogP contribution in [0.1, 0.15) is 42.7 Å². The van der Waals surface area contributed by atoms with Crippen molar-refractivity contribution in [1.29, 1.82) is 0 Å². The summed E-state index contributed by atoms with van der Waals surface area (Å²) in [7, 11) is 0. The Morgan fingerprint density at radius 1 is 1.00 bits per heavy atom. The van der Waals surface area contributed by atoms with Gasteiger partial charge in [0.2, 0.25) is 5.91 Å². The molecule has 2 aromatic carbocycles. The van der Waals surface area contributed by atoms with E-state index in [1.165, 1.54) is 35.2 Å². The van der Waals surface area contributed by atoms with Crippen molar-refractivity contribution < 1.29 is 19.4 Å². The molecule has 0 fully saturated rings. The molecular formula is C22H19N3O6. The Morgan fingerprint density at radius 2 is 1.77 bits per heavy atom. The van der Waals surface area contributed by atoms with Crippen LogP contribution in [0.25, 0.3) is 0 Å². The van der Waals surface area contributed by atoms with Crippen LogP contribution in [0.2, 0.25) is 0 Å². The van der Waals surface area contributed by atoms with Crippen LogP contribution in [0.3, 0.4) is 0 Å². The maximum absolute atomic E-state index is 13.2. The zero-order chi connectivity index (χ0) is 22.3. The van der Waals surface area contributed by atoms with Crippen LogP contribution < -0.4 is 4.90 Å². The average Bonchev–Trinajstić information content (AvgIpc) is 2.73. The summed E-state index contributed by atoms with van der Waals surface area (Å²) in [6.45, 7) is 1.72. The van der Waals surface area contributed by atoms with Crippen LogP contribution in [-0.4, -0.2) is 21.5 Å². The summed E-state index contributed by atoms with van der Waals surface area (Å²) in [5.41, 5.74) is 1.89. The smallest absolute Gasteiger partial charge is 0.293 e. The third-order valence-electron chi connectivity index (χ3n) is 5.73. The first-order valence-electron chi connectivity index (χ1n) is 9.86. The van der Waals surface area contributed by atoms with Gasteiger partial charge in [-0.3, -0.25) is 34.7 Å². The van der Waals surface area contributed by atoms with Crippen LogP contribution in [0.15, 0.2) is 53.7 Å². The monoisotopic (exact) mass is 421 g/mol. The predicted molar refractivity (Wildman–Crippen MR) is 112 cm³/mol. The molecule has 2 aliphatic rings. The van der Waals surface area contributed by atoms with Crippen molar-refractivity contribution in [2.45, 2.75) is 38.5 Å². The molecule has 2 aromatic rings. The van der Waals surface area contributed by atoms with E-state index in [1.54, 1.807) is 19.1 Å². The highest BCUT2D eigenvalue weighted by molar-refractivity contribution is 6.08. The number of benzene rings is 2. The van der Waals surface area contributed by atoms with Gasteiger partial charge >= 0.3 is 0 Å². The summed E-state index contributed by atoms with van der Waals surface area (Å²) in [4.78, 5) is 49.3. The molecular weight excluding hydrogens is 402 g/mol. The number of ketones is 1. The third kappa shape index (κ3) is 3.58. The highest BCUT2D eigenvalue weighted by atomic mass is 16.6. The van der Waals surface area contributed by atoms with Gasteiger partial charge in [0.1, 0.15) is 5.69 Å². The minimum atomic E-state index is -0.615. The average molecular weight is 421 g/mol. The van der Waals surface area contributed by atoms with Gasteiger partial charge in [0.15, 0.2) is 5.78 Å². The van der Waals surface area contributed by atoms with E-state index in [-0.39, 0.29) is 35.2 Å². The number of hydrogen-bond donors (Lipinski definition) is 0. The van der Waals surface area contributed by atoms with Crippen LogP contribution in [0, 0.1) is 27.2 Å². The second-order valence-electron chi connectivity index (χ2n) is 7.72. The molecule has 0 N–H and O–H groups in total. The zero-order valence-electron chi connectivity index (χ0n) is 16.7. The first kappa shape index (κ1) is 20.4. The molecule has 9 heteroatoms. The van der Waals surface area contributed by atoms with E-state index in [4.69, 9.17) is 0 Å². The Bertz CT molecular complexity index is 1170. The molecule has 1 amide bonds. The molecule has 1 aliphatic carbocycles. The molecule has 0 spiro atoms. The summed E-state index contributed by atoms with van der Waals surface area (Å²) in [6, 6.07) is 10.6. The molecule has 0 saturated heterocycles. The predicted octanol–water partition coefficient (Wildman–Crippen LogP) is 4.34. The van der Waals surface area contributed by atoms with Crippen molar-refractivity contribution in [1.82, 2.24) is 0 Å². The molecule has 1 unspecified atom stereocenters. The van der Waals surface area contributed by atoms with Crippen LogP contribution in [-0.2, 0) is 9.59 Å². The summed E-state index contributed by atoms with van der Waals surface area (Å²) in [5, 5.41) is 22.9. The molecule has 1 aliphatic heterocycles. The number of carbonyl (C=O) groups is 2. The standard InChI is InChI=1S/C22H19N3O6/c1-13-8-9-17(19(10-13)25(30)31)23-18-6-3-7-20(26)22(18)16(12-21(23)27)14-4-2-5-15(11-14)24(28)29/h2,4-5,8-11,16H,3,6-7,12H2,1H3. The number of amides is 1. The number of nitro benzene ring substituents is 2. The van der Waals surface area contributed by atoms with Crippen molar-refractivity contribution in [2.75, 3.05) is 4.90 Å². The molecule has 0 aromatic heterocycles. The van der Waals surface area contributed by atoms with E-state index in [0.29, 0.717) is 41.7 Å². The Kier molecular flexibility index (Phi) is 5.10. The summed E-state index contributed by atoms with van der Waals surface area (Å²) < 4.78 is 0. The number of rotatable bonds is 4. The molecule has 1 atom stereocenters. The second-order valence-corrected chi connectivity index (χ2v) is 7.72. The molecule has 158 valence electrons. The van der Waals surface area contributed by atoms with Gasteiger partial charge in [0.05, 0.1) is 9.85 Å². The van der Waals surface area contributed by atoms with Gasteiger partial charge in [0, 0.05) is 48.2 Å². The Labute approximate surface area is 177 Å². The summed E-state index contributed by atoms with van der Waals surface area (Å²) in [6.07, 6.45) is 1.16. The number of allylic oxidation sites excluding steroid dienone is 2. The summed E-state index contributed by atoms with van der Waals surface area (Å²) >= 11 is 0. The molecule has 0 radical (unpaired) electrons. The quantitative estimate of drug-likeness (QED) is 0.534. The van der Waals surface area contributed by atoms with Gasteiger partial charge in [-0.25, -0.2) is 0 Å². The Balaban J connectivity index is 1.90. The topological polar surface area (TPSA) is 124 Å². The van der Waals surface area contributed by atoms with Crippen molar-refractivity contribution in [3.8, 4) is 0 Å². The lowest BCUT2D eigenvalue weighted by Gasteiger charge is -2.38. The first-order chi connectivity index (χ1) is 14.8. The van der Waals surface area contributed by atoms with Gasteiger partial charge in [0.25, 0.3) is 11.4 Å². The lowest BCUT2D eigenvalue weighted by Crippen LogP contribution is -2.40. The highest BCUT2D eigenvalue weighted by Crippen LogP contribution is 2.45. The van der Waals surface area contributed by atoms with Crippen LogP contribution in [0.5, 0.6) is 0 Å². The Hall–Kier alpha value is -3.88. The van der Waals surface area contributed by atoms with Crippen molar-refractivity contribution in [3.05, 3.63) is 85.1 Å². The van der Waals surface area contributed by atoms with Gasteiger partial charge in [-0.05, 0) is 37.0 Å². The number of nitro groups is 2. The van der Waals surface area contributed by atoms with Crippen molar-refractivity contribution >= 4 is 28.8 Å². The fourth-order valence-electron chi connectivity index (χ4n) is 4.38. The lowest BCUT2D eigenvalue weighted by atomic mass is 9.77. The first-order valence-corrected chi connectivity index (χ1v) is 9.86. The summed E-state index contributed by atoms with van der Waals surface area (Å²) in [5.74, 6) is -1.13. The van der Waals surface area contributed by atoms with Gasteiger partial charge < -0.3 is 0 Å². The van der Waals surface area contributed by atoms with E-state index >= 15 is 0 Å². The molecule has 4 rings (SSSR count). The molecule has 0 bridgehead atoms. The fraction of sp³-hybridized carbons (Fsp3) is 0.273.